The van der Waals surface area contributed by atoms with E-state index in [-0.39, 0.29) is 17.7 Å². The second-order valence-corrected chi connectivity index (χ2v) is 9.29. The van der Waals surface area contributed by atoms with E-state index >= 15 is 0 Å². The monoisotopic (exact) mass is 477 g/mol. The molecule has 5 nitrogen and oxygen atoms in total. The predicted molar refractivity (Wildman–Crippen MR) is 132 cm³/mol. The number of pyridine rings is 1. The van der Waals surface area contributed by atoms with E-state index < -0.39 is 11.6 Å². The van der Waals surface area contributed by atoms with Crippen LogP contribution in [0.4, 0.5) is 8.78 Å². The van der Waals surface area contributed by atoms with Crippen LogP contribution in [0.3, 0.4) is 0 Å². The third-order valence-electron chi connectivity index (χ3n) is 6.79. The van der Waals surface area contributed by atoms with Crippen LogP contribution in [0.15, 0.2) is 59.7 Å². The lowest BCUT2D eigenvalue weighted by molar-refractivity contribution is 0.296. The van der Waals surface area contributed by atoms with Gasteiger partial charge in [0, 0.05) is 37.1 Å². The van der Waals surface area contributed by atoms with E-state index in [4.69, 9.17) is 4.74 Å². The molecule has 0 radical (unpaired) electrons. The average Bonchev–Trinajstić information content (AvgIpc) is 3.36. The third kappa shape index (κ3) is 5.15. The second kappa shape index (κ2) is 10.0. The highest BCUT2D eigenvalue weighted by atomic mass is 19.1. The standard InChI is InChI=1S/C28H29F2N3O2/c1-19-27(35-18-22-6-7-24(29)13-26(22)30)8-11-33(28(19)34)16-20-4-5-21-14-31-15-23(25(21)12-20)17-32-9-2-3-10-32/h4-8,11-13,15,31H,2-3,9-10,14,16-18H2,1H3. The van der Waals surface area contributed by atoms with Crippen LogP contribution in [0.1, 0.15) is 40.7 Å². The maximum atomic E-state index is 13.9. The van der Waals surface area contributed by atoms with Crippen LogP contribution in [-0.2, 0) is 19.7 Å². The lowest BCUT2D eigenvalue weighted by atomic mass is 9.95. The summed E-state index contributed by atoms with van der Waals surface area (Å²) in [6, 6.07) is 11.5. The SMILES string of the molecule is Cc1c(OCc2ccc(F)cc2F)ccn(Cc2ccc3c(c2)C(CN2CCCC2)=CNC3)c1=O. The Morgan fingerprint density at radius 3 is 2.66 bits per heavy atom. The molecule has 0 amide bonds. The summed E-state index contributed by atoms with van der Waals surface area (Å²) in [5, 5.41) is 3.39. The number of fused-ring (bicyclic) bond motifs is 1. The van der Waals surface area contributed by atoms with Crippen LogP contribution in [0.5, 0.6) is 5.75 Å². The number of nitrogens with zero attached hydrogens (tertiary/aromatic N) is 2. The number of likely N-dealkylation sites (tertiary alicyclic amines) is 1. The van der Waals surface area contributed by atoms with Crippen LogP contribution in [-0.4, -0.2) is 29.1 Å². The number of ether oxygens (including phenoxy) is 1. The second-order valence-electron chi connectivity index (χ2n) is 9.29. The minimum atomic E-state index is -0.670. The lowest BCUT2D eigenvalue weighted by Crippen LogP contribution is -2.25. The Bertz CT molecular complexity index is 1330. The van der Waals surface area contributed by atoms with Crippen LogP contribution in [0.25, 0.3) is 5.57 Å². The van der Waals surface area contributed by atoms with Crippen molar-refractivity contribution in [3.05, 3.63) is 105 Å². The Kier molecular flexibility index (Phi) is 6.68. The highest BCUT2D eigenvalue weighted by Gasteiger charge is 2.19. The Labute approximate surface area is 203 Å². The third-order valence-corrected chi connectivity index (χ3v) is 6.79. The van der Waals surface area contributed by atoms with Crippen molar-refractivity contribution < 1.29 is 13.5 Å². The fourth-order valence-corrected chi connectivity index (χ4v) is 4.79. The molecular formula is C28H29F2N3O2. The van der Waals surface area contributed by atoms with Crippen molar-refractivity contribution in [1.29, 1.82) is 0 Å². The predicted octanol–water partition coefficient (Wildman–Crippen LogP) is 4.60. The molecule has 1 fully saturated rings. The summed E-state index contributed by atoms with van der Waals surface area (Å²) >= 11 is 0. The Morgan fingerprint density at radius 1 is 1.03 bits per heavy atom. The molecule has 1 saturated heterocycles. The molecular weight excluding hydrogens is 448 g/mol. The van der Waals surface area contributed by atoms with Gasteiger partial charge in [-0.05, 0) is 79.4 Å². The molecule has 0 saturated carbocycles. The maximum Gasteiger partial charge on any atom is 0.257 e. The van der Waals surface area contributed by atoms with Gasteiger partial charge in [-0.25, -0.2) is 8.78 Å². The molecule has 2 aromatic carbocycles. The summed E-state index contributed by atoms with van der Waals surface area (Å²) < 4.78 is 34.4. The zero-order valence-electron chi connectivity index (χ0n) is 19.8. The molecule has 0 atom stereocenters. The first-order valence-corrected chi connectivity index (χ1v) is 12.0. The number of hydrogen-bond donors (Lipinski definition) is 1. The fraction of sp³-hybridized carbons (Fsp3) is 0.321. The van der Waals surface area contributed by atoms with Crippen molar-refractivity contribution in [3.8, 4) is 5.75 Å². The highest BCUT2D eigenvalue weighted by Crippen LogP contribution is 2.26. The minimum Gasteiger partial charge on any atom is -0.488 e. The van der Waals surface area contributed by atoms with Gasteiger partial charge in [0.25, 0.3) is 5.56 Å². The summed E-state index contributed by atoms with van der Waals surface area (Å²) in [7, 11) is 0. The van der Waals surface area contributed by atoms with Gasteiger partial charge < -0.3 is 14.6 Å². The number of rotatable bonds is 7. The Balaban J connectivity index is 1.32. The number of benzene rings is 2. The van der Waals surface area contributed by atoms with Crippen molar-refractivity contribution >= 4 is 5.57 Å². The van der Waals surface area contributed by atoms with Gasteiger partial charge in [0.1, 0.15) is 24.0 Å². The van der Waals surface area contributed by atoms with Crippen LogP contribution < -0.4 is 15.6 Å². The quantitative estimate of drug-likeness (QED) is 0.540. The summed E-state index contributed by atoms with van der Waals surface area (Å²) in [6.07, 6.45) is 6.34. The molecule has 5 rings (SSSR count). The molecule has 0 unspecified atom stereocenters. The van der Waals surface area contributed by atoms with Gasteiger partial charge in [0.2, 0.25) is 0 Å². The van der Waals surface area contributed by atoms with Crippen LogP contribution in [0, 0.1) is 18.6 Å². The topological polar surface area (TPSA) is 46.5 Å². The molecule has 0 aliphatic carbocycles. The summed E-state index contributed by atoms with van der Waals surface area (Å²) in [5.41, 5.74) is 5.39. The van der Waals surface area contributed by atoms with E-state index in [0.717, 1.165) is 37.8 Å². The number of nitrogens with one attached hydrogen (secondary N) is 1. The van der Waals surface area contributed by atoms with E-state index in [1.165, 1.54) is 41.7 Å². The van der Waals surface area contributed by atoms with Gasteiger partial charge in [0.15, 0.2) is 0 Å². The summed E-state index contributed by atoms with van der Waals surface area (Å²) in [5.74, 6) is -0.916. The fourth-order valence-electron chi connectivity index (χ4n) is 4.79. The van der Waals surface area contributed by atoms with Gasteiger partial charge >= 0.3 is 0 Å². The van der Waals surface area contributed by atoms with Crippen molar-refractivity contribution in [1.82, 2.24) is 14.8 Å². The zero-order valence-corrected chi connectivity index (χ0v) is 19.8. The first-order valence-electron chi connectivity index (χ1n) is 12.0. The first kappa shape index (κ1) is 23.3. The zero-order chi connectivity index (χ0) is 24.4. The van der Waals surface area contributed by atoms with E-state index in [2.05, 4.69) is 34.6 Å². The van der Waals surface area contributed by atoms with Gasteiger partial charge in [0.05, 0.1) is 12.1 Å². The van der Waals surface area contributed by atoms with Gasteiger partial charge in [-0.3, -0.25) is 9.69 Å². The number of halogens is 2. The lowest BCUT2D eigenvalue weighted by Gasteiger charge is -2.24. The van der Waals surface area contributed by atoms with Crippen molar-refractivity contribution in [3.63, 3.8) is 0 Å². The minimum absolute atomic E-state index is 0.0820. The van der Waals surface area contributed by atoms with E-state index in [1.807, 2.05) is 0 Å². The molecule has 0 spiro atoms. The van der Waals surface area contributed by atoms with Crippen molar-refractivity contribution in [2.45, 2.75) is 39.5 Å². The average molecular weight is 478 g/mol. The van der Waals surface area contributed by atoms with E-state index in [0.29, 0.717) is 17.9 Å². The maximum absolute atomic E-state index is 13.9. The largest absolute Gasteiger partial charge is 0.488 e. The van der Waals surface area contributed by atoms with Crippen molar-refractivity contribution in [2.75, 3.05) is 19.6 Å². The molecule has 0 bridgehead atoms. The molecule has 35 heavy (non-hydrogen) atoms. The normalized spacial score (nSPS) is 15.5. The first-order chi connectivity index (χ1) is 17.0. The van der Waals surface area contributed by atoms with E-state index in [1.54, 1.807) is 23.8 Å². The summed E-state index contributed by atoms with van der Waals surface area (Å²) in [6.45, 7) is 6.09. The number of hydrogen-bond acceptors (Lipinski definition) is 4. The van der Waals surface area contributed by atoms with Crippen LogP contribution >= 0.6 is 0 Å². The summed E-state index contributed by atoms with van der Waals surface area (Å²) in [4.78, 5) is 15.5. The van der Waals surface area contributed by atoms with Crippen LogP contribution in [0.2, 0.25) is 0 Å². The molecule has 2 aliphatic heterocycles. The molecule has 2 aliphatic rings. The molecule has 1 N–H and O–H groups in total. The van der Waals surface area contributed by atoms with Gasteiger partial charge in [-0.15, -0.1) is 0 Å². The Hall–Kier alpha value is -3.45. The van der Waals surface area contributed by atoms with Crippen molar-refractivity contribution in [2.24, 2.45) is 0 Å². The highest BCUT2D eigenvalue weighted by molar-refractivity contribution is 5.71. The molecule has 182 valence electrons. The molecule has 1 aromatic heterocycles. The van der Waals surface area contributed by atoms with Gasteiger partial charge in [-0.2, -0.15) is 0 Å². The molecule has 3 heterocycles. The smallest absolute Gasteiger partial charge is 0.257 e. The molecule has 3 aromatic rings. The number of aromatic nitrogens is 1. The Morgan fingerprint density at radius 2 is 1.86 bits per heavy atom. The molecule has 7 heteroatoms. The van der Waals surface area contributed by atoms with Gasteiger partial charge in [-0.1, -0.05) is 12.1 Å². The van der Waals surface area contributed by atoms with E-state index in [9.17, 15) is 13.6 Å².